The first-order valence-electron chi connectivity index (χ1n) is 8.49. The van der Waals surface area contributed by atoms with E-state index in [2.05, 4.69) is 15.0 Å². The van der Waals surface area contributed by atoms with Crippen LogP contribution in [0.15, 0.2) is 30.5 Å². The Morgan fingerprint density at radius 3 is 2.89 bits per heavy atom. The van der Waals surface area contributed by atoms with Gasteiger partial charge in [-0.2, -0.15) is 8.78 Å². The number of alkyl halides is 2. The number of carbonyl (C=O) groups is 2. The number of hydrogen-bond donors (Lipinski definition) is 1. The second kappa shape index (κ2) is 8.43. The van der Waals surface area contributed by atoms with Crippen molar-refractivity contribution in [3.05, 3.63) is 45.9 Å². The van der Waals surface area contributed by atoms with E-state index in [0.29, 0.717) is 25.9 Å². The van der Waals surface area contributed by atoms with Crippen LogP contribution in [0.2, 0.25) is 0 Å². The number of thiazole rings is 1. The van der Waals surface area contributed by atoms with Crippen molar-refractivity contribution in [2.75, 3.05) is 6.54 Å². The normalized spacial score (nSPS) is 16.6. The Balaban J connectivity index is 1.70. The van der Waals surface area contributed by atoms with Crippen molar-refractivity contribution in [3.63, 3.8) is 0 Å². The molecule has 0 aliphatic carbocycles. The first-order chi connectivity index (χ1) is 13.0. The van der Waals surface area contributed by atoms with Gasteiger partial charge >= 0.3 is 6.61 Å². The van der Waals surface area contributed by atoms with E-state index in [1.165, 1.54) is 34.4 Å². The molecule has 1 fully saturated rings. The smallest absolute Gasteiger partial charge is 0.387 e. The van der Waals surface area contributed by atoms with Crippen LogP contribution in [0.25, 0.3) is 0 Å². The molecule has 3 rings (SSSR count). The van der Waals surface area contributed by atoms with Crippen LogP contribution in [0.5, 0.6) is 5.75 Å². The Labute approximate surface area is 159 Å². The summed E-state index contributed by atoms with van der Waals surface area (Å²) in [5, 5.41) is 3.73. The molecule has 9 heteroatoms. The van der Waals surface area contributed by atoms with Gasteiger partial charge in [0, 0.05) is 17.6 Å². The average molecular weight is 395 g/mol. The van der Waals surface area contributed by atoms with E-state index in [9.17, 15) is 18.4 Å². The van der Waals surface area contributed by atoms with E-state index in [1.54, 1.807) is 12.3 Å². The number of benzene rings is 1. The Morgan fingerprint density at radius 2 is 2.19 bits per heavy atom. The van der Waals surface area contributed by atoms with E-state index >= 15 is 0 Å². The van der Waals surface area contributed by atoms with Crippen LogP contribution in [-0.4, -0.2) is 40.9 Å². The van der Waals surface area contributed by atoms with Crippen molar-refractivity contribution >= 4 is 23.2 Å². The van der Waals surface area contributed by atoms with Gasteiger partial charge in [0.2, 0.25) is 5.91 Å². The number of rotatable bonds is 6. The molecule has 1 atom stereocenters. The summed E-state index contributed by atoms with van der Waals surface area (Å²) in [4.78, 5) is 31.9. The number of nitrogens with zero attached hydrogens (tertiary/aromatic N) is 2. The molecular weight excluding hydrogens is 376 g/mol. The van der Waals surface area contributed by atoms with Gasteiger partial charge in [0.05, 0.1) is 17.1 Å². The van der Waals surface area contributed by atoms with Crippen LogP contribution < -0.4 is 10.1 Å². The number of aromatic nitrogens is 1. The van der Waals surface area contributed by atoms with Crippen molar-refractivity contribution in [2.24, 2.45) is 0 Å². The van der Waals surface area contributed by atoms with Gasteiger partial charge < -0.3 is 15.0 Å². The summed E-state index contributed by atoms with van der Waals surface area (Å²) in [6.45, 7) is -0.417. The lowest BCUT2D eigenvalue weighted by atomic mass is 10.1. The van der Waals surface area contributed by atoms with Gasteiger partial charge in [0.15, 0.2) is 0 Å². The second-order valence-electron chi connectivity index (χ2n) is 6.09. The summed E-state index contributed by atoms with van der Waals surface area (Å²) >= 11 is 1.49. The molecule has 1 aliphatic heterocycles. The lowest BCUT2D eigenvalue weighted by Gasteiger charge is -2.24. The Kier molecular flexibility index (Phi) is 6.00. The predicted octanol–water partition coefficient (Wildman–Crippen LogP) is 2.97. The lowest BCUT2D eigenvalue weighted by Crippen LogP contribution is -2.45. The number of para-hydroxylation sites is 1. The molecular formula is C18H19F2N3O3S. The zero-order chi connectivity index (χ0) is 19.4. The van der Waals surface area contributed by atoms with Crippen molar-refractivity contribution in [1.29, 1.82) is 0 Å². The minimum Gasteiger partial charge on any atom is -0.434 e. The number of aryl methyl sites for hydroxylation is 1. The number of ether oxygens (including phenoxy) is 1. The first-order valence-corrected chi connectivity index (χ1v) is 9.31. The van der Waals surface area contributed by atoms with Gasteiger partial charge in [-0.1, -0.05) is 12.1 Å². The van der Waals surface area contributed by atoms with E-state index < -0.39 is 18.6 Å². The third kappa shape index (κ3) is 4.60. The van der Waals surface area contributed by atoms with Crippen LogP contribution in [0.4, 0.5) is 8.78 Å². The molecule has 1 saturated heterocycles. The highest BCUT2D eigenvalue weighted by molar-refractivity contribution is 7.11. The SMILES string of the molecule is Cc1ncc(CNC(=O)C2CCCN2C(=O)c2ccccc2OC(F)F)s1. The van der Waals surface area contributed by atoms with Crippen LogP contribution in [0, 0.1) is 6.92 Å². The lowest BCUT2D eigenvalue weighted by molar-refractivity contribution is -0.125. The van der Waals surface area contributed by atoms with Gasteiger partial charge in [-0.25, -0.2) is 4.98 Å². The molecule has 0 saturated carbocycles. The van der Waals surface area contributed by atoms with Crippen LogP contribution in [0.3, 0.4) is 0 Å². The molecule has 1 aromatic heterocycles. The van der Waals surface area contributed by atoms with Crippen molar-refractivity contribution in [3.8, 4) is 5.75 Å². The van der Waals surface area contributed by atoms with E-state index in [1.807, 2.05) is 6.92 Å². The largest absolute Gasteiger partial charge is 0.434 e. The number of nitrogens with one attached hydrogen (secondary N) is 1. The summed E-state index contributed by atoms with van der Waals surface area (Å²) in [5.74, 6) is -0.944. The topological polar surface area (TPSA) is 71.5 Å². The van der Waals surface area contributed by atoms with Crippen LogP contribution >= 0.6 is 11.3 Å². The molecule has 1 unspecified atom stereocenters. The molecule has 1 N–H and O–H groups in total. The molecule has 6 nitrogen and oxygen atoms in total. The molecule has 27 heavy (non-hydrogen) atoms. The highest BCUT2D eigenvalue weighted by Gasteiger charge is 2.35. The third-order valence-corrected chi connectivity index (χ3v) is 5.17. The fourth-order valence-electron chi connectivity index (χ4n) is 3.06. The molecule has 0 spiro atoms. The highest BCUT2D eigenvalue weighted by Crippen LogP contribution is 2.26. The third-order valence-electron chi connectivity index (χ3n) is 4.26. The quantitative estimate of drug-likeness (QED) is 0.816. The Hall–Kier alpha value is -2.55. The minimum atomic E-state index is -3.03. The van der Waals surface area contributed by atoms with Crippen molar-refractivity contribution < 1.29 is 23.1 Å². The number of hydrogen-bond acceptors (Lipinski definition) is 5. The van der Waals surface area contributed by atoms with E-state index in [4.69, 9.17) is 0 Å². The van der Waals surface area contributed by atoms with E-state index in [0.717, 1.165) is 9.88 Å². The molecule has 0 radical (unpaired) electrons. The van der Waals surface area contributed by atoms with Crippen molar-refractivity contribution in [1.82, 2.24) is 15.2 Å². The molecule has 2 amide bonds. The van der Waals surface area contributed by atoms with E-state index in [-0.39, 0.29) is 17.2 Å². The maximum atomic E-state index is 12.9. The van der Waals surface area contributed by atoms with Gasteiger partial charge in [-0.15, -0.1) is 11.3 Å². The standard InChI is InChI=1S/C18H19F2N3O3S/c1-11-21-9-12(27-11)10-22-16(24)14-6-4-8-23(14)17(25)13-5-2-3-7-15(13)26-18(19)20/h2-3,5,7,9,14,18H,4,6,8,10H2,1H3,(H,22,24). The highest BCUT2D eigenvalue weighted by atomic mass is 32.1. The van der Waals surface area contributed by atoms with Crippen molar-refractivity contribution in [2.45, 2.75) is 39.0 Å². The van der Waals surface area contributed by atoms with Gasteiger partial charge in [0.25, 0.3) is 5.91 Å². The monoisotopic (exact) mass is 395 g/mol. The molecule has 144 valence electrons. The summed E-state index contributed by atoms with van der Waals surface area (Å²) < 4.78 is 29.6. The molecule has 2 heterocycles. The summed E-state index contributed by atoms with van der Waals surface area (Å²) in [6, 6.07) is 5.19. The average Bonchev–Trinajstić information content (AvgIpc) is 3.28. The first kappa shape index (κ1) is 19.2. The fourth-order valence-corrected chi connectivity index (χ4v) is 3.79. The number of amides is 2. The Bertz CT molecular complexity index is 828. The molecule has 1 aromatic carbocycles. The number of carbonyl (C=O) groups excluding carboxylic acids is 2. The maximum Gasteiger partial charge on any atom is 0.387 e. The summed E-state index contributed by atoms with van der Waals surface area (Å²) in [6.07, 6.45) is 2.90. The predicted molar refractivity (Wildman–Crippen MR) is 95.8 cm³/mol. The van der Waals surface area contributed by atoms with Crippen LogP contribution in [0.1, 0.15) is 33.1 Å². The Morgan fingerprint density at radius 1 is 1.41 bits per heavy atom. The van der Waals surface area contributed by atoms with Crippen LogP contribution in [-0.2, 0) is 11.3 Å². The molecule has 2 aromatic rings. The molecule has 1 aliphatic rings. The fraction of sp³-hybridized carbons (Fsp3) is 0.389. The van der Waals surface area contributed by atoms with Gasteiger partial charge in [-0.3, -0.25) is 9.59 Å². The van der Waals surface area contributed by atoms with Gasteiger partial charge in [0.1, 0.15) is 11.8 Å². The second-order valence-corrected chi connectivity index (χ2v) is 7.41. The summed E-state index contributed by atoms with van der Waals surface area (Å²) in [5.41, 5.74) is 0.0237. The number of likely N-dealkylation sites (tertiary alicyclic amines) is 1. The minimum absolute atomic E-state index is 0.0237. The summed E-state index contributed by atoms with van der Waals surface area (Å²) in [7, 11) is 0. The number of halogens is 2. The van der Waals surface area contributed by atoms with Gasteiger partial charge in [-0.05, 0) is 31.9 Å². The zero-order valence-corrected chi connectivity index (χ0v) is 15.5. The maximum absolute atomic E-state index is 12.9. The zero-order valence-electron chi connectivity index (χ0n) is 14.7. The molecule has 0 bridgehead atoms.